The van der Waals surface area contributed by atoms with E-state index in [0.29, 0.717) is 16.3 Å². The largest absolute Gasteiger partial charge is 0.469 e. The predicted molar refractivity (Wildman–Crippen MR) is 99.3 cm³/mol. The number of anilines is 1. The van der Waals surface area contributed by atoms with Gasteiger partial charge in [-0.05, 0) is 6.42 Å². The summed E-state index contributed by atoms with van der Waals surface area (Å²) in [6.07, 6.45) is -1.90. The zero-order valence-corrected chi connectivity index (χ0v) is 16.7. The fourth-order valence-corrected chi connectivity index (χ4v) is 4.24. The molecule has 4 atom stereocenters. The lowest BCUT2D eigenvalue weighted by molar-refractivity contribution is -0.0541. The summed E-state index contributed by atoms with van der Waals surface area (Å²) >= 11 is 1.42. The number of ether oxygens (including phenoxy) is 1. The fourth-order valence-electron chi connectivity index (χ4n) is 2.80. The Morgan fingerprint density at radius 2 is 2.11 bits per heavy atom. The highest BCUT2D eigenvalue weighted by molar-refractivity contribution is 7.99. The first-order valence-electron chi connectivity index (χ1n) is 8.55. The van der Waals surface area contributed by atoms with Crippen LogP contribution in [0.15, 0.2) is 11.5 Å². The highest BCUT2D eigenvalue weighted by Gasteiger charge is 2.46. The van der Waals surface area contributed by atoms with Crippen LogP contribution in [-0.4, -0.2) is 70.2 Å². The van der Waals surface area contributed by atoms with E-state index in [1.807, 2.05) is 0 Å². The van der Waals surface area contributed by atoms with Crippen LogP contribution >= 0.6 is 19.6 Å². The summed E-state index contributed by atoms with van der Waals surface area (Å²) < 4.78 is 22.5. The molecule has 0 amide bonds. The zero-order valence-electron chi connectivity index (χ0n) is 15.0. The molecule has 1 aliphatic heterocycles. The van der Waals surface area contributed by atoms with E-state index < -0.39 is 39.0 Å². The van der Waals surface area contributed by atoms with Crippen molar-refractivity contribution < 1.29 is 33.8 Å². The molecule has 1 fully saturated rings. The normalized spacial score (nSPS) is 25.6. The number of aromatic nitrogens is 4. The van der Waals surface area contributed by atoms with Gasteiger partial charge < -0.3 is 30.5 Å². The molecule has 0 bridgehead atoms. The zero-order chi connectivity index (χ0) is 20.5. The Kier molecular flexibility index (Phi) is 6.57. The summed E-state index contributed by atoms with van der Waals surface area (Å²) in [6.45, 7) is 1.46. The van der Waals surface area contributed by atoms with Crippen LogP contribution < -0.4 is 5.73 Å². The molecule has 0 spiro atoms. The number of imidazole rings is 1. The average Bonchev–Trinajstić information content (AvgIpc) is 3.12. The topological polar surface area (TPSA) is 186 Å². The summed E-state index contributed by atoms with van der Waals surface area (Å²) in [5.41, 5.74) is 6.53. The van der Waals surface area contributed by atoms with Crippen LogP contribution in [0.25, 0.3) is 11.2 Å². The fraction of sp³-hybridized carbons (Fsp3) is 0.643. The first-order chi connectivity index (χ1) is 13.2. The van der Waals surface area contributed by atoms with Gasteiger partial charge >= 0.3 is 7.82 Å². The maximum absolute atomic E-state index is 10.9. The quantitative estimate of drug-likeness (QED) is 0.213. The number of nitrogens with zero attached hydrogens (tertiary/aromatic N) is 4. The van der Waals surface area contributed by atoms with E-state index in [0.717, 1.165) is 18.6 Å². The lowest BCUT2D eigenvalue weighted by Gasteiger charge is -2.19. The van der Waals surface area contributed by atoms with Gasteiger partial charge in [0.15, 0.2) is 28.4 Å². The molecule has 2 aromatic heterocycles. The van der Waals surface area contributed by atoms with E-state index in [1.165, 1.54) is 22.7 Å². The van der Waals surface area contributed by atoms with Gasteiger partial charge in [0, 0.05) is 5.75 Å². The van der Waals surface area contributed by atoms with Gasteiger partial charge in [0.1, 0.15) is 24.6 Å². The van der Waals surface area contributed by atoms with E-state index in [9.17, 15) is 14.8 Å². The molecule has 0 aliphatic carbocycles. The number of phosphoric ester groups is 1. The molecule has 156 valence electrons. The van der Waals surface area contributed by atoms with Crippen LogP contribution in [0, 0.1) is 0 Å². The monoisotopic (exact) mass is 435 g/mol. The number of unbranched alkanes of at least 4 members (excludes halogenated alkanes) is 1. The highest BCUT2D eigenvalue weighted by atomic mass is 32.2. The molecule has 3 heterocycles. The summed E-state index contributed by atoms with van der Waals surface area (Å²) in [4.78, 5) is 30.2. The van der Waals surface area contributed by atoms with Crippen molar-refractivity contribution in [2.45, 2.75) is 49.5 Å². The van der Waals surface area contributed by atoms with Crippen molar-refractivity contribution in [1.29, 1.82) is 0 Å². The summed E-state index contributed by atoms with van der Waals surface area (Å²) in [5, 5.41) is 21.2. The van der Waals surface area contributed by atoms with Gasteiger partial charge in [0.05, 0.1) is 6.61 Å². The van der Waals surface area contributed by atoms with Gasteiger partial charge in [0.2, 0.25) is 0 Å². The van der Waals surface area contributed by atoms with Gasteiger partial charge in [-0.3, -0.25) is 9.09 Å². The van der Waals surface area contributed by atoms with Crippen LogP contribution in [0.5, 0.6) is 0 Å². The van der Waals surface area contributed by atoms with E-state index in [-0.39, 0.29) is 5.82 Å². The van der Waals surface area contributed by atoms with E-state index in [2.05, 4.69) is 26.4 Å². The first-order valence-corrected chi connectivity index (χ1v) is 11.1. The number of phosphoric acid groups is 1. The Labute approximate surface area is 164 Å². The van der Waals surface area contributed by atoms with Gasteiger partial charge in [-0.25, -0.2) is 19.5 Å². The van der Waals surface area contributed by atoms with Crippen LogP contribution in [0.3, 0.4) is 0 Å². The Morgan fingerprint density at radius 1 is 1.36 bits per heavy atom. The second kappa shape index (κ2) is 8.59. The van der Waals surface area contributed by atoms with Gasteiger partial charge in [-0.1, -0.05) is 25.1 Å². The second-order valence-electron chi connectivity index (χ2n) is 6.23. The van der Waals surface area contributed by atoms with Crippen molar-refractivity contribution in [3.63, 3.8) is 0 Å². The number of hydrogen-bond donors (Lipinski definition) is 5. The molecule has 1 aliphatic rings. The molecule has 1 unspecified atom stereocenters. The number of nitrogens with two attached hydrogens (primary N) is 1. The number of nitrogen functional groups attached to an aromatic ring is 1. The molecule has 28 heavy (non-hydrogen) atoms. The molecule has 0 radical (unpaired) electrons. The molecule has 0 aromatic carbocycles. The van der Waals surface area contributed by atoms with Crippen molar-refractivity contribution in [2.24, 2.45) is 0 Å². The standard InChI is InChI=1S/C14H22N5O7PS/c1-2-3-4-28-14-18-8-11(15)16-6-17-12(8)19(14)13-10(21)9(20)7(26-13)5-25-27(22,23)24/h6-7,9-10,13,20-21H,2-5H2,1H3,(H2,15,16,17)(H2,22,23,24)/t7-,9?,10+,13-/m1/s1. The number of aliphatic hydroxyl groups is 2. The van der Waals surface area contributed by atoms with Crippen molar-refractivity contribution in [2.75, 3.05) is 18.1 Å². The van der Waals surface area contributed by atoms with Gasteiger partial charge in [-0.15, -0.1) is 0 Å². The SMILES string of the molecule is CCCCSc1nc2c(N)ncnc2n1[C@@H]1O[C@H](COP(=O)(O)O)C(O)[C@@H]1O. The number of rotatable bonds is 8. The van der Waals surface area contributed by atoms with Crippen molar-refractivity contribution in [3.8, 4) is 0 Å². The smallest absolute Gasteiger partial charge is 0.387 e. The Hall–Kier alpha value is -1.31. The molecule has 0 saturated carbocycles. The van der Waals surface area contributed by atoms with Gasteiger partial charge in [-0.2, -0.15) is 0 Å². The Morgan fingerprint density at radius 3 is 2.79 bits per heavy atom. The first kappa shape index (κ1) is 21.4. The summed E-state index contributed by atoms with van der Waals surface area (Å²) in [7, 11) is -4.75. The predicted octanol–water partition coefficient (Wildman–Crippen LogP) is 0.0292. The third kappa shape index (κ3) is 4.47. The molecule has 3 rings (SSSR count). The lowest BCUT2D eigenvalue weighted by Crippen LogP contribution is -2.33. The number of fused-ring (bicyclic) bond motifs is 1. The van der Waals surface area contributed by atoms with Crippen LogP contribution in [0.4, 0.5) is 5.82 Å². The minimum Gasteiger partial charge on any atom is -0.387 e. The molecule has 12 nitrogen and oxygen atoms in total. The van der Waals surface area contributed by atoms with Crippen LogP contribution in [0.2, 0.25) is 0 Å². The minimum atomic E-state index is -4.75. The highest BCUT2D eigenvalue weighted by Crippen LogP contribution is 2.40. The lowest BCUT2D eigenvalue weighted by atomic mass is 10.1. The maximum Gasteiger partial charge on any atom is 0.469 e. The molecule has 1 saturated heterocycles. The van der Waals surface area contributed by atoms with Gasteiger partial charge in [0.25, 0.3) is 0 Å². The summed E-state index contributed by atoms with van der Waals surface area (Å²) in [5.74, 6) is 0.916. The molecule has 6 N–H and O–H groups in total. The van der Waals surface area contributed by atoms with Crippen molar-refractivity contribution in [3.05, 3.63) is 6.33 Å². The van der Waals surface area contributed by atoms with Crippen molar-refractivity contribution >= 4 is 36.6 Å². The van der Waals surface area contributed by atoms with Crippen molar-refractivity contribution in [1.82, 2.24) is 19.5 Å². The second-order valence-corrected chi connectivity index (χ2v) is 8.53. The number of aliphatic hydroxyl groups excluding tert-OH is 2. The summed E-state index contributed by atoms with van der Waals surface area (Å²) in [6, 6.07) is 0. The molecule has 2 aromatic rings. The molecular formula is C14H22N5O7PS. The third-order valence-electron chi connectivity index (χ3n) is 4.20. The molecule has 14 heteroatoms. The van der Waals surface area contributed by atoms with E-state index in [4.69, 9.17) is 20.3 Å². The van der Waals surface area contributed by atoms with Crippen LogP contribution in [-0.2, 0) is 13.8 Å². The third-order valence-corrected chi connectivity index (χ3v) is 5.73. The molecular weight excluding hydrogens is 413 g/mol. The minimum absolute atomic E-state index is 0.163. The van der Waals surface area contributed by atoms with Crippen LogP contribution in [0.1, 0.15) is 26.0 Å². The average molecular weight is 435 g/mol. The Bertz CT molecular complexity index is 877. The van der Waals surface area contributed by atoms with E-state index >= 15 is 0 Å². The van der Waals surface area contributed by atoms with E-state index in [1.54, 1.807) is 0 Å². The maximum atomic E-state index is 10.9. The Balaban J connectivity index is 1.93. The number of hydrogen-bond acceptors (Lipinski definition) is 10. The number of thioether (sulfide) groups is 1.